The van der Waals surface area contributed by atoms with Gasteiger partial charge < -0.3 is 20.8 Å². The quantitative estimate of drug-likeness (QED) is 0.491. The third-order valence-corrected chi connectivity index (χ3v) is 6.25. The SMILES string of the molecule is CC1NC(=O)c2c1ccc(F)c2Nc1c(N)c(=O)c1=O.CCC(C)(C)Cc1cc(C)c(C)o1. The number of aryl methyl sites for hydroxylation is 2. The highest BCUT2D eigenvalue weighted by Crippen LogP contribution is 2.34. The highest BCUT2D eigenvalue weighted by atomic mass is 19.1. The lowest BCUT2D eigenvalue weighted by molar-refractivity contribution is 0.0959. The van der Waals surface area contributed by atoms with Crippen molar-refractivity contribution in [2.24, 2.45) is 5.41 Å². The van der Waals surface area contributed by atoms with Gasteiger partial charge in [0.25, 0.3) is 16.8 Å². The Bertz CT molecular complexity index is 1260. The fourth-order valence-corrected chi connectivity index (χ4v) is 3.66. The monoisotopic (exact) mass is 455 g/mol. The smallest absolute Gasteiger partial charge is 0.254 e. The van der Waals surface area contributed by atoms with E-state index in [9.17, 15) is 18.8 Å². The van der Waals surface area contributed by atoms with Crippen LogP contribution < -0.4 is 27.2 Å². The Morgan fingerprint density at radius 2 is 1.82 bits per heavy atom. The molecule has 1 amide bonds. The van der Waals surface area contributed by atoms with Gasteiger partial charge in [-0.05, 0) is 49.4 Å². The van der Waals surface area contributed by atoms with Crippen LogP contribution in [-0.4, -0.2) is 5.91 Å². The number of carbonyl (C=O) groups excluding carboxylic acids is 1. The minimum atomic E-state index is -0.814. The van der Waals surface area contributed by atoms with Crippen molar-refractivity contribution in [1.82, 2.24) is 5.32 Å². The van der Waals surface area contributed by atoms with E-state index < -0.39 is 22.6 Å². The maximum atomic E-state index is 13.9. The van der Waals surface area contributed by atoms with E-state index in [1.165, 1.54) is 24.1 Å². The van der Waals surface area contributed by atoms with E-state index in [2.05, 4.69) is 44.4 Å². The first-order valence-corrected chi connectivity index (χ1v) is 10.9. The Hall–Kier alpha value is -3.42. The summed E-state index contributed by atoms with van der Waals surface area (Å²) in [7, 11) is 0. The highest BCUT2D eigenvalue weighted by molar-refractivity contribution is 6.05. The van der Waals surface area contributed by atoms with Crippen LogP contribution in [0.1, 0.15) is 73.2 Å². The van der Waals surface area contributed by atoms with Crippen molar-refractivity contribution in [3.63, 3.8) is 0 Å². The number of anilines is 3. The number of carbonyl (C=O) groups is 1. The first-order valence-electron chi connectivity index (χ1n) is 10.9. The van der Waals surface area contributed by atoms with Crippen LogP contribution in [0.4, 0.5) is 21.5 Å². The molecule has 4 N–H and O–H groups in total. The van der Waals surface area contributed by atoms with Crippen LogP contribution in [0, 0.1) is 25.1 Å². The van der Waals surface area contributed by atoms with Crippen LogP contribution in [-0.2, 0) is 6.42 Å². The molecule has 1 unspecified atom stereocenters. The second-order valence-corrected chi connectivity index (χ2v) is 9.30. The first kappa shape index (κ1) is 24.2. The number of hydrogen-bond donors (Lipinski definition) is 3. The maximum absolute atomic E-state index is 13.9. The Balaban J connectivity index is 0.000000205. The number of benzene rings is 1. The summed E-state index contributed by atoms with van der Waals surface area (Å²) in [5.74, 6) is 1.05. The van der Waals surface area contributed by atoms with E-state index in [4.69, 9.17) is 10.2 Å². The number of furan rings is 1. The zero-order chi connectivity index (χ0) is 24.7. The molecule has 176 valence electrons. The molecule has 7 nitrogen and oxygen atoms in total. The van der Waals surface area contributed by atoms with Gasteiger partial charge in [0.1, 0.15) is 28.7 Å². The number of nitrogens with two attached hydrogens (primary N) is 1. The number of rotatable bonds is 5. The second kappa shape index (κ2) is 8.84. The van der Waals surface area contributed by atoms with Gasteiger partial charge in [0.15, 0.2) is 0 Å². The Morgan fingerprint density at radius 1 is 1.15 bits per heavy atom. The molecule has 0 bridgehead atoms. The van der Waals surface area contributed by atoms with Gasteiger partial charge in [-0.25, -0.2) is 4.39 Å². The Morgan fingerprint density at radius 3 is 2.36 bits per heavy atom. The summed E-state index contributed by atoms with van der Waals surface area (Å²) in [6, 6.07) is 4.61. The van der Waals surface area contributed by atoms with Crippen molar-refractivity contribution < 1.29 is 13.6 Å². The molecule has 2 heterocycles. The van der Waals surface area contributed by atoms with E-state index in [1.807, 2.05) is 6.92 Å². The van der Waals surface area contributed by atoms with Crippen LogP contribution in [0.5, 0.6) is 0 Å². The van der Waals surface area contributed by atoms with Crippen LogP contribution in [0.3, 0.4) is 0 Å². The van der Waals surface area contributed by atoms with Gasteiger partial charge in [0, 0.05) is 6.42 Å². The summed E-state index contributed by atoms with van der Waals surface area (Å²) in [5, 5.41) is 5.12. The van der Waals surface area contributed by atoms with Crippen molar-refractivity contribution in [3.8, 4) is 0 Å². The van der Waals surface area contributed by atoms with Crippen molar-refractivity contribution in [3.05, 3.63) is 72.7 Å². The van der Waals surface area contributed by atoms with Crippen molar-refractivity contribution in [2.75, 3.05) is 11.1 Å². The van der Waals surface area contributed by atoms with Crippen molar-refractivity contribution >= 4 is 23.0 Å². The fourth-order valence-electron chi connectivity index (χ4n) is 3.66. The first-order chi connectivity index (χ1) is 15.4. The van der Waals surface area contributed by atoms with Gasteiger partial charge in [-0.2, -0.15) is 0 Å². The molecule has 0 saturated carbocycles. The Labute approximate surface area is 191 Å². The molecule has 0 fully saturated rings. The average Bonchev–Trinajstić information content (AvgIpc) is 3.23. The van der Waals surface area contributed by atoms with Gasteiger partial charge in [-0.1, -0.05) is 33.3 Å². The molecular weight excluding hydrogens is 425 g/mol. The van der Waals surface area contributed by atoms with Crippen LogP contribution in [0.2, 0.25) is 0 Å². The summed E-state index contributed by atoms with van der Waals surface area (Å²) in [6.45, 7) is 12.7. The predicted octanol–water partition coefficient (Wildman–Crippen LogP) is 4.43. The molecule has 4 rings (SSSR count). The highest BCUT2D eigenvalue weighted by Gasteiger charge is 2.31. The molecule has 1 atom stereocenters. The summed E-state index contributed by atoms with van der Waals surface area (Å²) >= 11 is 0. The number of amides is 1. The molecule has 1 aliphatic rings. The minimum Gasteiger partial charge on any atom is -0.466 e. The molecule has 0 radical (unpaired) electrons. The van der Waals surface area contributed by atoms with Crippen LogP contribution in [0.15, 0.2) is 32.2 Å². The van der Waals surface area contributed by atoms with Gasteiger partial charge in [-0.15, -0.1) is 0 Å². The van der Waals surface area contributed by atoms with Crippen molar-refractivity contribution in [1.29, 1.82) is 0 Å². The zero-order valence-electron chi connectivity index (χ0n) is 19.8. The van der Waals surface area contributed by atoms with E-state index in [1.54, 1.807) is 6.92 Å². The normalized spacial score (nSPS) is 15.1. The lowest BCUT2D eigenvalue weighted by Gasteiger charge is -2.20. The molecule has 2 aromatic carbocycles. The molecule has 33 heavy (non-hydrogen) atoms. The van der Waals surface area contributed by atoms with Crippen molar-refractivity contribution in [2.45, 2.75) is 60.4 Å². The number of fused-ring (bicyclic) bond motifs is 1. The van der Waals surface area contributed by atoms with Gasteiger partial charge in [0.2, 0.25) is 0 Å². The number of hydrogen-bond acceptors (Lipinski definition) is 6. The van der Waals surface area contributed by atoms with E-state index in [0.717, 1.165) is 17.9 Å². The van der Waals surface area contributed by atoms with Gasteiger partial charge in [-0.3, -0.25) is 14.4 Å². The minimum absolute atomic E-state index is 0.130. The topological polar surface area (TPSA) is 114 Å². The molecule has 0 spiro atoms. The fraction of sp³-hybridized carbons (Fsp3) is 0.400. The molecule has 3 aromatic rings. The number of nitrogens with one attached hydrogen (secondary N) is 2. The average molecular weight is 456 g/mol. The lowest BCUT2D eigenvalue weighted by Crippen LogP contribution is -2.36. The Kier molecular flexibility index (Phi) is 6.49. The maximum Gasteiger partial charge on any atom is 0.254 e. The second-order valence-electron chi connectivity index (χ2n) is 9.30. The van der Waals surface area contributed by atoms with Crippen LogP contribution in [0.25, 0.3) is 0 Å². The molecule has 0 aliphatic carbocycles. The van der Waals surface area contributed by atoms with Gasteiger partial charge >= 0.3 is 0 Å². The molecule has 0 saturated heterocycles. The third kappa shape index (κ3) is 4.69. The van der Waals surface area contributed by atoms with E-state index >= 15 is 0 Å². The summed E-state index contributed by atoms with van der Waals surface area (Å²) < 4.78 is 19.6. The number of halogens is 1. The predicted molar refractivity (Wildman–Crippen MR) is 127 cm³/mol. The molecular formula is C25H30FN3O4. The molecule has 1 aliphatic heterocycles. The summed E-state index contributed by atoms with van der Waals surface area (Å²) in [4.78, 5) is 34.3. The largest absolute Gasteiger partial charge is 0.466 e. The molecule has 8 heteroatoms. The van der Waals surface area contributed by atoms with E-state index in [-0.39, 0.29) is 28.7 Å². The van der Waals surface area contributed by atoms with Gasteiger partial charge in [0.05, 0.1) is 17.3 Å². The lowest BCUT2D eigenvalue weighted by atomic mass is 9.85. The molecule has 1 aromatic heterocycles. The summed E-state index contributed by atoms with van der Waals surface area (Å²) in [6.07, 6.45) is 2.23. The third-order valence-electron chi connectivity index (χ3n) is 6.25. The standard InChI is InChI=1S/C13H10FN3O3.C12H20O/c1-4-5-2-3-6(14)9(7(5)13(20)16-4)17-10-8(15)11(18)12(10)19;1-6-12(4,5)8-11-7-9(2)10(3)13-11/h2-4,17H,15H2,1H3,(H,16,20);7H,6,8H2,1-5H3. The van der Waals surface area contributed by atoms with Crippen LogP contribution >= 0.6 is 0 Å². The number of nitrogen functional groups attached to an aromatic ring is 1. The van der Waals surface area contributed by atoms with E-state index in [0.29, 0.717) is 11.0 Å². The zero-order valence-corrected chi connectivity index (χ0v) is 19.8. The summed E-state index contributed by atoms with van der Waals surface area (Å²) in [5.41, 5.74) is 5.58.